The highest BCUT2D eigenvalue weighted by Gasteiger charge is 2.37. The summed E-state index contributed by atoms with van der Waals surface area (Å²) >= 11 is 0. The Bertz CT molecular complexity index is 1910. The highest BCUT2D eigenvalue weighted by atomic mass is 19.4. The Kier molecular flexibility index (Phi) is 12.7. The average molecular weight is 745 g/mol. The lowest BCUT2D eigenvalue weighted by molar-refractivity contribution is -0.274. The fourth-order valence-corrected chi connectivity index (χ4v) is 6.23. The van der Waals surface area contributed by atoms with E-state index in [1.165, 1.54) is 36.4 Å². The first kappa shape index (κ1) is 38.6. The van der Waals surface area contributed by atoms with Gasteiger partial charge in [-0.1, -0.05) is 62.4 Å². The summed E-state index contributed by atoms with van der Waals surface area (Å²) in [6.45, 7) is 8.27. The number of carbonyl (C=O) groups is 1. The number of carbonyl (C=O) groups excluding carboxylic acids is 1. The lowest BCUT2D eigenvalue weighted by Gasteiger charge is -2.40. The zero-order chi connectivity index (χ0) is 38.0. The standard InChI is InChI=1S/C43H43F3O8/c1-3-42(28-49-29-42)27-48-22-4-5-23-50-33-13-8-31(9-14-33)7-6-24-51-54-36-18-20-38-37-19-17-35(25-39(37)30(2)40(38)26-36)52-41(47)21-12-32-10-15-34(16-11-32)53-43(44,45)46/h6-21,25-26,30H,3-5,22-24,27-29H2,1-2H3/b7-6+,21-12+. The zero-order valence-electron chi connectivity index (χ0n) is 30.2. The van der Waals surface area contributed by atoms with E-state index in [1.54, 1.807) is 6.07 Å². The van der Waals surface area contributed by atoms with Crippen molar-refractivity contribution >= 4 is 18.1 Å². The maximum atomic E-state index is 12.5. The van der Waals surface area contributed by atoms with Gasteiger partial charge in [0.25, 0.3) is 0 Å². The number of halogens is 3. The third-order valence-corrected chi connectivity index (χ3v) is 9.45. The van der Waals surface area contributed by atoms with Gasteiger partial charge in [0, 0.05) is 24.0 Å². The molecular formula is C43H43F3O8. The molecule has 11 heteroatoms. The number of benzene rings is 4. The van der Waals surface area contributed by atoms with Gasteiger partial charge in [-0.15, -0.1) is 13.2 Å². The van der Waals surface area contributed by atoms with Crippen molar-refractivity contribution in [2.24, 2.45) is 5.41 Å². The molecule has 1 atom stereocenters. The molecule has 1 heterocycles. The molecule has 284 valence electrons. The first-order valence-corrected chi connectivity index (χ1v) is 18.0. The lowest BCUT2D eigenvalue weighted by Crippen LogP contribution is -2.45. The fraction of sp³-hybridized carbons (Fsp3) is 0.326. The molecule has 6 rings (SSSR count). The number of fused-ring (bicyclic) bond motifs is 3. The Labute approximate surface area is 313 Å². The molecule has 4 aromatic rings. The first-order valence-electron chi connectivity index (χ1n) is 18.0. The molecule has 1 fully saturated rings. The van der Waals surface area contributed by atoms with Gasteiger partial charge < -0.3 is 28.6 Å². The Morgan fingerprint density at radius 3 is 2.07 bits per heavy atom. The van der Waals surface area contributed by atoms with E-state index in [4.69, 9.17) is 28.7 Å². The molecule has 0 spiro atoms. The topological polar surface area (TPSA) is 81.7 Å². The van der Waals surface area contributed by atoms with E-state index >= 15 is 0 Å². The van der Waals surface area contributed by atoms with E-state index in [0.29, 0.717) is 23.7 Å². The van der Waals surface area contributed by atoms with Crippen LogP contribution in [0.4, 0.5) is 13.2 Å². The number of alkyl halides is 3. The normalized spacial score (nSPS) is 15.8. The van der Waals surface area contributed by atoms with Crippen LogP contribution >= 0.6 is 0 Å². The summed E-state index contributed by atoms with van der Waals surface area (Å²) in [6, 6.07) is 24.3. The molecular weight excluding hydrogens is 701 g/mol. The van der Waals surface area contributed by atoms with Gasteiger partial charge in [-0.3, -0.25) is 0 Å². The third kappa shape index (κ3) is 10.5. The number of ether oxygens (including phenoxy) is 5. The molecule has 1 unspecified atom stereocenters. The maximum Gasteiger partial charge on any atom is 0.573 e. The van der Waals surface area contributed by atoms with Crippen molar-refractivity contribution < 1.29 is 51.4 Å². The van der Waals surface area contributed by atoms with Crippen LogP contribution in [-0.2, 0) is 19.2 Å². The molecule has 1 saturated heterocycles. The van der Waals surface area contributed by atoms with Crippen molar-refractivity contribution in [2.45, 2.75) is 45.4 Å². The van der Waals surface area contributed by atoms with Crippen LogP contribution in [0.2, 0.25) is 0 Å². The predicted molar refractivity (Wildman–Crippen MR) is 198 cm³/mol. The van der Waals surface area contributed by atoms with E-state index in [-0.39, 0.29) is 23.7 Å². The summed E-state index contributed by atoms with van der Waals surface area (Å²) in [5, 5.41) is 0. The Morgan fingerprint density at radius 2 is 1.43 bits per heavy atom. The first-order chi connectivity index (χ1) is 26.1. The molecule has 8 nitrogen and oxygen atoms in total. The summed E-state index contributed by atoms with van der Waals surface area (Å²) in [5.74, 6) is 0.825. The largest absolute Gasteiger partial charge is 0.573 e. The van der Waals surface area contributed by atoms with Gasteiger partial charge in [-0.05, 0) is 107 Å². The molecule has 1 aliphatic carbocycles. The fourth-order valence-electron chi connectivity index (χ4n) is 6.23. The monoisotopic (exact) mass is 744 g/mol. The number of unbranched alkanes of at least 4 members (excludes halogenated alkanes) is 1. The van der Waals surface area contributed by atoms with Gasteiger partial charge in [0.2, 0.25) is 0 Å². The smallest absolute Gasteiger partial charge is 0.494 e. The van der Waals surface area contributed by atoms with Crippen LogP contribution in [0.3, 0.4) is 0 Å². The van der Waals surface area contributed by atoms with E-state index in [0.717, 1.165) is 79.3 Å². The van der Waals surface area contributed by atoms with E-state index in [2.05, 4.69) is 18.6 Å². The molecule has 2 aliphatic rings. The van der Waals surface area contributed by atoms with E-state index < -0.39 is 12.3 Å². The van der Waals surface area contributed by atoms with Crippen molar-refractivity contribution in [3.05, 3.63) is 119 Å². The van der Waals surface area contributed by atoms with Crippen LogP contribution in [0.25, 0.3) is 23.3 Å². The van der Waals surface area contributed by atoms with Crippen LogP contribution < -0.4 is 19.1 Å². The molecule has 4 aromatic carbocycles. The third-order valence-electron chi connectivity index (χ3n) is 9.45. The zero-order valence-corrected chi connectivity index (χ0v) is 30.2. The quantitative estimate of drug-likeness (QED) is 0.0249. The second-order valence-electron chi connectivity index (χ2n) is 13.4. The van der Waals surface area contributed by atoms with E-state index in [9.17, 15) is 18.0 Å². The molecule has 0 radical (unpaired) electrons. The number of rotatable bonds is 18. The van der Waals surface area contributed by atoms with Gasteiger partial charge in [0.15, 0.2) is 5.75 Å². The summed E-state index contributed by atoms with van der Waals surface area (Å²) < 4.78 is 63.6. The summed E-state index contributed by atoms with van der Waals surface area (Å²) in [6.07, 6.45) is 4.70. The van der Waals surface area contributed by atoms with Crippen molar-refractivity contribution in [1.82, 2.24) is 0 Å². The molecule has 0 bridgehead atoms. The van der Waals surface area contributed by atoms with Gasteiger partial charge in [0.1, 0.15) is 23.9 Å². The molecule has 0 aromatic heterocycles. The van der Waals surface area contributed by atoms with Gasteiger partial charge >= 0.3 is 12.3 Å². The number of esters is 1. The summed E-state index contributed by atoms with van der Waals surface area (Å²) in [4.78, 5) is 23.6. The molecule has 0 saturated carbocycles. The van der Waals surface area contributed by atoms with Crippen LogP contribution in [-0.4, -0.2) is 52.0 Å². The molecule has 54 heavy (non-hydrogen) atoms. The molecule has 0 N–H and O–H groups in total. The minimum Gasteiger partial charge on any atom is -0.494 e. The number of hydrogen-bond acceptors (Lipinski definition) is 8. The second-order valence-corrected chi connectivity index (χ2v) is 13.4. The minimum atomic E-state index is -4.77. The van der Waals surface area contributed by atoms with Crippen LogP contribution in [0.5, 0.6) is 23.0 Å². The molecule has 1 aliphatic heterocycles. The Morgan fingerprint density at radius 1 is 0.815 bits per heavy atom. The van der Waals surface area contributed by atoms with Gasteiger partial charge in [-0.25, -0.2) is 4.79 Å². The minimum absolute atomic E-state index is 0.0111. The summed E-state index contributed by atoms with van der Waals surface area (Å²) in [7, 11) is 0. The van der Waals surface area contributed by atoms with Crippen molar-refractivity contribution in [2.75, 3.05) is 39.6 Å². The number of hydrogen-bond donors (Lipinski definition) is 0. The molecule has 0 amide bonds. The van der Waals surface area contributed by atoms with Gasteiger partial charge in [-0.2, -0.15) is 4.89 Å². The SMILES string of the molecule is CCC1(COCCCCOc2ccc(/C=C/COOc3ccc4c(c3)C(C)c3cc(OC(=O)/C=C/c5ccc(OC(F)(F)F)cc5)ccc3-4)cc2)COC1. The Balaban J connectivity index is 0.904. The highest BCUT2D eigenvalue weighted by molar-refractivity contribution is 5.89. The van der Waals surface area contributed by atoms with Crippen molar-refractivity contribution in [1.29, 1.82) is 0 Å². The predicted octanol–water partition coefficient (Wildman–Crippen LogP) is 9.96. The average Bonchev–Trinajstić information content (AvgIpc) is 3.41. The highest BCUT2D eigenvalue weighted by Crippen LogP contribution is 2.47. The van der Waals surface area contributed by atoms with Crippen LogP contribution in [0, 0.1) is 5.41 Å². The van der Waals surface area contributed by atoms with Crippen molar-refractivity contribution in [3.63, 3.8) is 0 Å². The van der Waals surface area contributed by atoms with E-state index in [1.807, 2.05) is 66.7 Å². The Hall–Kier alpha value is -5.10. The second kappa shape index (κ2) is 17.8. The van der Waals surface area contributed by atoms with Gasteiger partial charge in [0.05, 0.1) is 26.4 Å². The maximum absolute atomic E-state index is 12.5. The lowest BCUT2D eigenvalue weighted by atomic mass is 9.84. The van der Waals surface area contributed by atoms with Crippen LogP contribution in [0.1, 0.15) is 61.3 Å². The van der Waals surface area contributed by atoms with Crippen molar-refractivity contribution in [3.8, 4) is 34.1 Å². The summed E-state index contributed by atoms with van der Waals surface area (Å²) in [5.41, 5.74) is 5.91. The van der Waals surface area contributed by atoms with Crippen LogP contribution in [0.15, 0.2) is 97.1 Å².